The number of hydrazone groups is 1. The van der Waals surface area contributed by atoms with Gasteiger partial charge in [0.2, 0.25) is 5.91 Å². The number of rotatable bonds is 5. The number of anilines is 1. The second kappa shape index (κ2) is 6.17. The van der Waals surface area contributed by atoms with Crippen LogP contribution in [-0.2, 0) is 14.3 Å². The van der Waals surface area contributed by atoms with Gasteiger partial charge in [-0.25, -0.2) is 4.79 Å². The Kier molecular flexibility index (Phi) is 4.49. The van der Waals surface area contributed by atoms with Crippen LogP contribution in [0.15, 0.2) is 35.4 Å². The van der Waals surface area contributed by atoms with Gasteiger partial charge in [0.15, 0.2) is 0 Å². The molecule has 0 saturated carbocycles. The summed E-state index contributed by atoms with van der Waals surface area (Å²) in [4.78, 5) is 23.9. The van der Waals surface area contributed by atoms with Crippen LogP contribution in [0.5, 0.6) is 0 Å². The minimum absolute atomic E-state index is 0.156. The summed E-state index contributed by atoms with van der Waals surface area (Å²) in [6.45, 7) is 5.61. The van der Waals surface area contributed by atoms with Crippen molar-refractivity contribution < 1.29 is 14.3 Å². The summed E-state index contributed by atoms with van der Waals surface area (Å²) in [6, 6.07) is 8.47. The minimum Gasteiger partial charge on any atom is -0.455 e. The fourth-order valence-corrected chi connectivity index (χ4v) is 2.06. The van der Waals surface area contributed by atoms with Crippen LogP contribution in [0.2, 0.25) is 0 Å². The molecule has 1 atom stereocenters. The van der Waals surface area contributed by atoms with E-state index in [1.807, 2.05) is 51.1 Å². The van der Waals surface area contributed by atoms with Crippen molar-refractivity contribution in [3.63, 3.8) is 0 Å². The van der Waals surface area contributed by atoms with E-state index < -0.39 is 23.5 Å². The second-order valence-electron chi connectivity index (χ2n) is 5.85. The van der Waals surface area contributed by atoms with Crippen molar-refractivity contribution in [3.05, 3.63) is 30.3 Å². The molecule has 1 aromatic rings. The van der Waals surface area contributed by atoms with E-state index in [1.54, 1.807) is 0 Å². The van der Waals surface area contributed by atoms with Crippen molar-refractivity contribution in [1.82, 2.24) is 0 Å². The lowest BCUT2D eigenvalue weighted by atomic mass is 10.1. The maximum Gasteiger partial charge on any atom is 0.355 e. The predicted octanol–water partition coefficient (Wildman–Crippen LogP) is 1.84. The second-order valence-corrected chi connectivity index (χ2v) is 5.85. The van der Waals surface area contributed by atoms with Crippen LogP contribution in [0.1, 0.15) is 33.6 Å². The smallest absolute Gasteiger partial charge is 0.355 e. The lowest BCUT2D eigenvalue weighted by Crippen LogP contribution is -2.39. The van der Waals surface area contributed by atoms with E-state index in [9.17, 15) is 9.59 Å². The zero-order valence-electron chi connectivity index (χ0n) is 13.1. The number of amides is 1. The SMILES string of the molecule is CCC(C)(C)OC(=O)C1=NN(c2ccccc2)[C@H](C(N)=O)C1. The van der Waals surface area contributed by atoms with Gasteiger partial charge in [-0.2, -0.15) is 5.10 Å². The molecule has 1 aliphatic heterocycles. The zero-order chi connectivity index (χ0) is 16.3. The molecular formula is C16H21N3O3. The Morgan fingerprint density at radius 3 is 2.55 bits per heavy atom. The summed E-state index contributed by atoms with van der Waals surface area (Å²) in [5, 5.41) is 5.74. The van der Waals surface area contributed by atoms with Crippen LogP contribution in [-0.4, -0.2) is 29.2 Å². The van der Waals surface area contributed by atoms with Gasteiger partial charge in [0.05, 0.1) is 5.69 Å². The first-order valence-corrected chi connectivity index (χ1v) is 7.28. The van der Waals surface area contributed by atoms with Crippen LogP contribution in [0.25, 0.3) is 0 Å². The first-order chi connectivity index (χ1) is 10.3. The predicted molar refractivity (Wildman–Crippen MR) is 84.4 cm³/mol. The number of hydrogen-bond acceptors (Lipinski definition) is 5. The molecule has 1 aromatic carbocycles. The van der Waals surface area contributed by atoms with Gasteiger partial charge in [-0.1, -0.05) is 25.1 Å². The van der Waals surface area contributed by atoms with E-state index in [-0.39, 0.29) is 12.1 Å². The van der Waals surface area contributed by atoms with Crippen LogP contribution >= 0.6 is 0 Å². The highest BCUT2D eigenvalue weighted by atomic mass is 16.6. The molecule has 1 heterocycles. The normalized spacial score (nSPS) is 18.0. The summed E-state index contributed by atoms with van der Waals surface area (Å²) in [7, 11) is 0. The number of carbonyl (C=O) groups excluding carboxylic acids is 2. The van der Waals surface area contributed by atoms with Gasteiger partial charge < -0.3 is 10.5 Å². The molecule has 0 spiro atoms. The van der Waals surface area contributed by atoms with Crippen molar-refractivity contribution >= 4 is 23.3 Å². The summed E-state index contributed by atoms with van der Waals surface area (Å²) in [6.07, 6.45) is 0.844. The number of primary amides is 1. The lowest BCUT2D eigenvalue weighted by Gasteiger charge is -2.22. The van der Waals surface area contributed by atoms with E-state index >= 15 is 0 Å². The number of carbonyl (C=O) groups is 2. The van der Waals surface area contributed by atoms with Gasteiger partial charge in [-0.05, 0) is 32.4 Å². The van der Waals surface area contributed by atoms with Gasteiger partial charge in [0.25, 0.3) is 0 Å². The van der Waals surface area contributed by atoms with Gasteiger partial charge in [-0.3, -0.25) is 9.80 Å². The number of esters is 1. The van der Waals surface area contributed by atoms with Crippen molar-refractivity contribution in [3.8, 4) is 0 Å². The number of nitrogens with zero attached hydrogens (tertiary/aromatic N) is 2. The highest BCUT2D eigenvalue weighted by Crippen LogP contribution is 2.25. The summed E-state index contributed by atoms with van der Waals surface area (Å²) >= 11 is 0. The van der Waals surface area contributed by atoms with E-state index in [1.165, 1.54) is 5.01 Å². The van der Waals surface area contributed by atoms with Crippen LogP contribution in [0.4, 0.5) is 5.69 Å². The van der Waals surface area contributed by atoms with E-state index in [0.29, 0.717) is 12.1 Å². The molecule has 0 bridgehead atoms. The molecule has 118 valence electrons. The number of para-hydroxylation sites is 1. The standard InChI is InChI=1S/C16H21N3O3/c1-4-16(2,3)22-15(21)12-10-13(14(17)20)19(18-12)11-8-6-5-7-9-11/h5-9,13H,4,10H2,1-3H3,(H2,17,20)/t13-/m0/s1. The molecule has 6 nitrogen and oxygen atoms in total. The molecular weight excluding hydrogens is 282 g/mol. The molecule has 2 N–H and O–H groups in total. The Bertz CT molecular complexity index is 596. The summed E-state index contributed by atoms with van der Waals surface area (Å²) < 4.78 is 5.43. The number of hydrogen-bond donors (Lipinski definition) is 1. The molecule has 0 saturated heterocycles. The average Bonchev–Trinajstić information content (AvgIpc) is 2.93. The lowest BCUT2D eigenvalue weighted by molar-refractivity contribution is -0.148. The zero-order valence-corrected chi connectivity index (χ0v) is 13.1. The molecule has 2 rings (SSSR count). The van der Waals surface area contributed by atoms with Crippen molar-refractivity contribution in [2.75, 3.05) is 5.01 Å². The molecule has 1 amide bonds. The quantitative estimate of drug-likeness (QED) is 0.841. The van der Waals surface area contributed by atoms with E-state index in [0.717, 1.165) is 0 Å². The molecule has 0 fully saturated rings. The average molecular weight is 303 g/mol. The fraction of sp³-hybridized carbons (Fsp3) is 0.438. The third-order valence-corrected chi connectivity index (χ3v) is 3.72. The third kappa shape index (κ3) is 3.44. The maximum atomic E-state index is 12.2. The van der Waals surface area contributed by atoms with Gasteiger partial charge in [-0.15, -0.1) is 0 Å². The topological polar surface area (TPSA) is 85.0 Å². The molecule has 0 aliphatic carbocycles. The molecule has 6 heteroatoms. The van der Waals surface area contributed by atoms with Gasteiger partial charge in [0, 0.05) is 6.42 Å². The largest absolute Gasteiger partial charge is 0.455 e. The maximum absolute atomic E-state index is 12.2. The van der Waals surface area contributed by atoms with E-state index in [2.05, 4.69) is 5.10 Å². The van der Waals surface area contributed by atoms with Crippen LogP contribution < -0.4 is 10.7 Å². The van der Waals surface area contributed by atoms with Crippen molar-refractivity contribution in [1.29, 1.82) is 0 Å². The molecule has 0 unspecified atom stereocenters. The number of nitrogens with two attached hydrogens (primary N) is 1. The Labute approximate surface area is 129 Å². The van der Waals surface area contributed by atoms with Gasteiger partial charge in [0.1, 0.15) is 17.4 Å². The summed E-state index contributed by atoms with van der Waals surface area (Å²) in [5.41, 5.74) is 5.80. The monoisotopic (exact) mass is 303 g/mol. The van der Waals surface area contributed by atoms with Crippen molar-refractivity contribution in [2.24, 2.45) is 10.8 Å². The minimum atomic E-state index is -0.672. The third-order valence-electron chi connectivity index (χ3n) is 3.72. The van der Waals surface area contributed by atoms with Crippen LogP contribution in [0.3, 0.4) is 0 Å². The molecule has 1 aliphatic rings. The highest BCUT2D eigenvalue weighted by Gasteiger charge is 2.37. The fourth-order valence-electron chi connectivity index (χ4n) is 2.06. The number of ether oxygens (including phenoxy) is 1. The molecule has 0 radical (unpaired) electrons. The van der Waals surface area contributed by atoms with E-state index in [4.69, 9.17) is 10.5 Å². The Morgan fingerprint density at radius 1 is 1.36 bits per heavy atom. The Morgan fingerprint density at radius 2 is 2.00 bits per heavy atom. The van der Waals surface area contributed by atoms with Crippen molar-refractivity contribution in [2.45, 2.75) is 45.3 Å². The highest BCUT2D eigenvalue weighted by molar-refractivity contribution is 6.38. The Hall–Kier alpha value is -2.37. The van der Waals surface area contributed by atoms with Crippen LogP contribution in [0, 0.1) is 0 Å². The Balaban J connectivity index is 2.24. The summed E-state index contributed by atoms with van der Waals surface area (Å²) in [5.74, 6) is -1.03. The first kappa shape index (κ1) is 16.0. The molecule has 22 heavy (non-hydrogen) atoms. The first-order valence-electron chi connectivity index (χ1n) is 7.28. The molecule has 0 aromatic heterocycles. The van der Waals surface area contributed by atoms with Gasteiger partial charge >= 0.3 is 5.97 Å². The number of benzene rings is 1.